The third-order valence-corrected chi connectivity index (χ3v) is 4.20. The number of carbonyl (C=O) groups excluding carboxylic acids is 2. The predicted octanol–water partition coefficient (Wildman–Crippen LogP) is 4.13. The number of rotatable bonds is 8. The molecule has 0 aliphatic rings. The Hall–Kier alpha value is -4.11. The fourth-order valence-electron chi connectivity index (χ4n) is 2.70. The number of esters is 1. The third-order valence-electron chi connectivity index (χ3n) is 4.20. The second kappa shape index (κ2) is 10.4. The van der Waals surface area contributed by atoms with Gasteiger partial charge in [0.05, 0.1) is 12.5 Å². The summed E-state index contributed by atoms with van der Waals surface area (Å²) in [7, 11) is 0. The molecule has 0 spiro atoms. The summed E-state index contributed by atoms with van der Waals surface area (Å²) in [6.07, 6.45) is 0.303. The minimum atomic E-state index is -0.641. The lowest BCUT2D eigenvalue weighted by atomic mass is 10.1. The van der Waals surface area contributed by atoms with Crippen LogP contribution in [-0.2, 0) is 22.6 Å². The molecule has 0 bridgehead atoms. The van der Waals surface area contributed by atoms with E-state index in [-0.39, 0.29) is 5.56 Å². The highest BCUT2D eigenvalue weighted by Crippen LogP contribution is 2.20. The van der Waals surface area contributed by atoms with Gasteiger partial charge in [-0.3, -0.25) is 4.79 Å². The van der Waals surface area contributed by atoms with E-state index in [9.17, 15) is 9.59 Å². The highest BCUT2D eigenvalue weighted by molar-refractivity contribution is 5.96. The fourth-order valence-corrected chi connectivity index (χ4v) is 2.70. The molecule has 0 saturated heterocycles. The van der Waals surface area contributed by atoms with Crippen LogP contribution in [0.4, 0.5) is 5.69 Å². The van der Waals surface area contributed by atoms with Crippen LogP contribution in [0, 0.1) is 11.3 Å². The Balaban J connectivity index is 1.54. The molecule has 0 aromatic heterocycles. The molecule has 150 valence electrons. The van der Waals surface area contributed by atoms with Crippen LogP contribution in [0.1, 0.15) is 21.5 Å². The summed E-state index contributed by atoms with van der Waals surface area (Å²) in [5, 5.41) is 11.3. The van der Waals surface area contributed by atoms with Gasteiger partial charge in [-0.2, -0.15) is 5.26 Å². The summed E-state index contributed by atoms with van der Waals surface area (Å²) in [5.74, 6) is -0.711. The number of carbonyl (C=O) groups is 2. The smallest absolute Gasteiger partial charge is 0.342 e. The number of hydrogen-bond acceptors (Lipinski definition) is 5. The predicted molar refractivity (Wildman–Crippen MR) is 112 cm³/mol. The van der Waals surface area contributed by atoms with Gasteiger partial charge >= 0.3 is 5.97 Å². The van der Waals surface area contributed by atoms with Crippen molar-refractivity contribution in [3.63, 3.8) is 0 Å². The Morgan fingerprint density at radius 3 is 2.30 bits per heavy atom. The molecule has 3 aromatic rings. The van der Waals surface area contributed by atoms with E-state index in [1.807, 2.05) is 30.3 Å². The number of nitrogens with zero attached hydrogens (tertiary/aromatic N) is 1. The van der Waals surface area contributed by atoms with Gasteiger partial charge in [0.15, 0.2) is 6.61 Å². The molecule has 3 aromatic carbocycles. The first-order valence-electron chi connectivity index (χ1n) is 9.34. The number of anilines is 1. The zero-order valence-corrected chi connectivity index (χ0v) is 16.2. The van der Waals surface area contributed by atoms with Gasteiger partial charge in [-0.05, 0) is 35.4 Å². The molecule has 0 saturated carbocycles. The lowest BCUT2D eigenvalue weighted by Gasteiger charge is -2.11. The van der Waals surface area contributed by atoms with E-state index in [1.54, 1.807) is 48.5 Å². The van der Waals surface area contributed by atoms with Crippen molar-refractivity contribution in [2.45, 2.75) is 13.0 Å². The van der Waals surface area contributed by atoms with E-state index >= 15 is 0 Å². The van der Waals surface area contributed by atoms with Crippen LogP contribution < -0.4 is 10.1 Å². The molecule has 0 unspecified atom stereocenters. The van der Waals surface area contributed by atoms with E-state index in [0.29, 0.717) is 24.5 Å². The second-order valence-electron chi connectivity index (χ2n) is 6.43. The normalized spacial score (nSPS) is 9.97. The van der Waals surface area contributed by atoms with Crippen LogP contribution in [0.25, 0.3) is 0 Å². The van der Waals surface area contributed by atoms with Crippen molar-refractivity contribution >= 4 is 17.6 Å². The quantitative estimate of drug-likeness (QED) is 0.575. The van der Waals surface area contributed by atoms with E-state index < -0.39 is 18.5 Å². The zero-order chi connectivity index (χ0) is 21.2. The number of para-hydroxylation sites is 1. The van der Waals surface area contributed by atoms with Crippen LogP contribution in [0.15, 0.2) is 78.9 Å². The summed E-state index contributed by atoms with van der Waals surface area (Å²) in [5.41, 5.74) is 2.64. The Labute approximate surface area is 174 Å². The largest absolute Gasteiger partial charge is 0.488 e. The number of benzene rings is 3. The molecule has 6 nitrogen and oxygen atoms in total. The molecule has 0 radical (unpaired) electrons. The number of amides is 1. The summed E-state index contributed by atoms with van der Waals surface area (Å²) in [4.78, 5) is 24.5. The van der Waals surface area contributed by atoms with Gasteiger partial charge in [0.25, 0.3) is 5.91 Å². The monoisotopic (exact) mass is 400 g/mol. The molecule has 30 heavy (non-hydrogen) atoms. The van der Waals surface area contributed by atoms with Crippen LogP contribution in [-0.4, -0.2) is 18.5 Å². The van der Waals surface area contributed by atoms with Gasteiger partial charge in [-0.1, -0.05) is 54.6 Å². The number of hydrogen-bond donors (Lipinski definition) is 1. The number of nitrogens with one attached hydrogen (secondary N) is 1. The molecule has 6 heteroatoms. The molecule has 1 N–H and O–H groups in total. The van der Waals surface area contributed by atoms with E-state index in [0.717, 1.165) is 11.1 Å². The average Bonchev–Trinajstić information content (AvgIpc) is 2.78. The van der Waals surface area contributed by atoms with Crippen LogP contribution in [0.2, 0.25) is 0 Å². The summed E-state index contributed by atoms with van der Waals surface area (Å²) in [6.45, 7) is -0.112. The van der Waals surface area contributed by atoms with Gasteiger partial charge in [-0.15, -0.1) is 0 Å². The van der Waals surface area contributed by atoms with Crippen molar-refractivity contribution in [2.24, 2.45) is 0 Å². The van der Waals surface area contributed by atoms with Crippen LogP contribution in [0.3, 0.4) is 0 Å². The summed E-state index contributed by atoms with van der Waals surface area (Å²) < 4.78 is 10.9. The Morgan fingerprint density at radius 2 is 1.57 bits per heavy atom. The molecule has 3 rings (SSSR count). The molecule has 1 amide bonds. The topological polar surface area (TPSA) is 88.4 Å². The standard InChI is InChI=1S/C24H20N2O4/c25-15-14-18-10-12-20(13-11-18)26-23(27)17-30-24(28)21-8-4-5-9-22(21)29-16-19-6-2-1-3-7-19/h1-13H,14,16-17H2,(H,26,27). The maximum absolute atomic E-state index is 12.4. The van der Waals surface area contributed by atoms with Gasteiger partial charge in [0.2, 0.25) is 0 Å². The van der Waals surface area contributed by atoms with E-state index in [2.05, 4.69) is 11.4 Å². The lowest BCUT2D eigenvalue weighted by molar-refractivity contribution is -0.119. The lowest BCUT2D eigenvalue weighted by Crippen LogP contribution is -2.21. The molecule has 0 heterocycles. The van der Waals surface area contributed by atoms with Gasteiger partial charge in [-0.25, -0.2) is 4.79 Å². The molecule has 0 aliphatic carbocycles. The first kappa shape index (κ1) is 20.6. The molecule has 0 fully saturated rings. The van der Waals surface area contributed by atoms with E-state index in [4.69, 9.17) is 14.7 Å². The van der Waals surface area contributed by atoms with Crippen molar-refractivity contribution < 1.29 is 19.1 Å². The van der Waals surface area contributed by atoms with Crippen LogP contribution in [0.5, 0.6) is 5.75 Å². The summed E-state index contributed by atoms with van der Waals surface area (Å²) in [6, 6.07) is 25.3. The first-order chi connectivity index (χ1) is 14.7. The minimum absolute atomic E-state index is 0.252. The average molecular weight is 400 g/mol. The third kappa shape index (κ3) is 5.94. The SMILES string of the molecule is N#CCc1ccc(NC(=O)COC(=O)c2ccccc2OCc2ccccc2)cc1. The molecule has 0 atom stereocenters. The number of nitriles is 1. The van der Waals surface area contributed by atoms with Gasteiger partial charge in [0.1, 0.15) is 17.9 Å². The second-order valence-corrected chi connectivity index (χ2v) is 6.43. The minimum Gasteiger partial charge on any atom is -0.488 e. The van der Waals surface area contributed by atoms with Crippen molar-refractivity contribution in [3.8, 4) is 11.8 Å². The first-order valence-corrected chi connectivity index (χ1v) is 9.34. The number of ether oxygens (including phenoxy) is 2. The van der Waals surface area contributed by atoms with Crippen molar-refractivity contribution in [2.75, 3.05) is 11.9 Å². The fraction of sp³-hybridized carbons (Fsp3) is 0.125. The van der Waals surface area contributed by atoms with Gasteiger partial charge in [0, 0.05) is 5.69 Å². The van der Waals surface area contributed by atoms with Crippen molar-refractivity contribution in [1.82, 2.24) is 0 Å². The van der Waals surface area contributed by atoms with Crippen molar-refractivity contribution in [1.29, 1.82) is 5.26 Å². The highest BCUT2D eigenvalue weighted by Gasteiger charge is 2.15. The summed E-state index contributed by atoms with van der Waals surface area (Å²) >= 11 is 0. The van der Waals surface area contributed by atoms with Gasteiger partial charge < -0.3 is 14.8 Å². The maximum Gasteiger partial charge on any atom is 0.342 e. The van der Waals surface area contributed by atoms with Crippen molar-refractivity contribution in [3.05, 3.63) is 95.6 Å². The highest BCUT2D eigenvalue weighted by atomic mass is 16.5. The zero-order valence-electron chi connectivity index (χ0n) is 16.2. The Morgan fingerprint density at radius 1 is 0.867 bits per heavy atom. The Kier molecular flexibility index (Phi) is 7.17. The maximum atomic E-state index is 12.4. The molecule has 0 aliphatic heterocycles. The van der Waals surface area contributed by atoms with E-state index in [1.165, 1.54) is 0 Å². The van der Waals surface area contributed by atoms with Crippen LogP contribution >= 0.6 is 0 Å². The molecular formula is C24H20N2O4. The Bertz CT molecular complexity index is 1040. The molecular weight excluding hydrogens is 380 g/mol.